The summed E-state index contributed by atoms with van der Waals surface area (Å²) in [6.07, 6.45) is 1.87. The Kier molecular flexibility index (Phi) is 3.83. The highest BCUT2D eigenvalue weighted by molar-refractivity contribution is 6.33. The number of hydrogen-bond acceptors (Lipinski definition) is 3. The molecule has 4 nitrogen and oxygen atoms in total. The molecule has 0 N–H and O–H groups in total. The van der Waals surface area contributed by atoms with Crippen LogP contribution < -0.4 is 0 Å². The Morgan fingerprint density at radius 2 is 1.81 bits per heavy atom. The lowest BCUT2D eigenvalue weighted by Gasteiger charge is -2.03. The first kappa shape index (κ1) is 14.3. The summed E-state index contributed by atoms with van der Waals surface area (Å²) in [7, 11) is 1.86. The molecule has 0 aliphatic heterocycles. The zero-order chi connectivity index (χ0) is 15.0. The summed E-state index contributed by atoms with van der Waals surface area (Å²) in [5.41, 5.74) is 3.44. The van der Waals surface area contributed by atoms with E-state index >= 15 is 0 Å². The zero-order valence-electron chi connectivity index (χ0n) is 11.8. The highest BCUT2D eigenvalue weighted by Gasteiger charge is 2.16. The fourth-order valence-electron chi connectivity index (χ4n) is 2.33. The normalized spacial score (nSPS) is 11.2. The molecule has 0 saturated carbocycles. The number of aryl methyl sites for hydroxylation is 2. The van der Waals surface area contributed by atoms with Gasteiger partial charge in [-0.25, -0.2) is 9.97 Å². The third kappa shape index (κ3) is 2.61. The maximum Gasteiger partial charge on any atom is 0.161 e. The van der Waals surface area contributed by atoms with Gasteiger partial charge < -0.3 is 0 Å². The Morgan fingerprint density at radius 1 is 1.10 bits per heavy atom. The maximum absolute atomic E-state index is 6.32. The molecule has 0 bridgehead atoms. The van der Waals surface area contributed by atoms with Crippen molar-refractivity contribution in [3.8, 4) is 11.4 Å². The number of halogens is 2. The summed E-state index contributed by atoms with van der Waals surface area (Å²) in [5, 5.41) is 5.60. The number of fused-ring (bicyclic) bond motifs is 1. The minimum absolute atomic E-state index is 0.419. The fourth-order valence-corrected chi connectivity index (χ4v) is 2.75. The van der Waals surface area contributed by atoms with Crippen molar-refractivity contribution in [1.82, 2.24) is 19.7 Å². The van der Waals surface area contributed by atoms with Gasteiger partial charge in [0, 0.05) is 17.6 Å². The third-order valence-electron chi connectivity index (χ3n) is 3.30. The van der Waals surface area contributed by atoms with Crippen LogP contribution in [0, 0.1) is 0 Å². The monoisotopic (exact) mass is 320 g/mol. The van der Waals surface area contributed by atoms with Crippen molar-refractivity contribution in [1.29, 1.82) is 0 Å². The lowest BCUT2D eigenvalue weighted by atomic mass is 10.2. The van der Waals surface area contributed by atoms with E-state index in [2.05, 4.69) is 22.0 Å². The van der Waals surface area contributed by atoms with E-state index in [1.54, 1.807) is 4.68 Å². The van der Waals surface area contributed by atoms with Crippen molar-refractivity contribution >= 4 is 34.2 Å². The van der Waals surface area contributed by atoms with Crippen LogP contribution in [0.2, 0.25) is 10.2 Å². The average molecular weight is 321 g/mol. The topological polar surface area (TPSA) is 43.6 Å². The second-order valence-corrected chi connectivity index (χ2v) is 5.66. The smallest absolute Gasteiger partial charge is 0.161 e. The molecule has 1 aromatic carbocycles. The minimum atomic E-state index is 0.419. The molecule has 3 rings (SSSR count). The van der Waals surface area contributed by atoms with Crippen molar-refractivity contribution in [2.45, 2.75) is 19.8 Å². The van der Waals surface area contributed by atoms with Gasteiger partial charge in [-0.1, -0.05) is 36.5 Å². The van der Waals surface area contributed by atoms with Crippen molar-refractivity contribution in [3.63, 3.8) is 0 Å². The molecule has 2 aromatic heterocycles. The number of rotatable bonds is 3. The second kappa shape index (κ2) is 5.62. The fraction of sp³-hybridized carbons (Fsp3) is 0.267. The molecule has 0 radical (unpaired) electrons. The van der Waals surface area contributed by atoms with E-state index in [9.17, 15) is 0 Å². The number of benzene rings is 1. The lowest BCUT2D eigenvalue weighted by Crippen LogP contribution is -1.94. The highest BCUT2D eigenvalue weighted by atomic mass is 35.5. The quantitative estimate of drug-likeness (QED) is 0.676. The number of nitrogens with zero attached hydrogens (tertiary/aromatic N) is 4. The Labute approximate surface area is 132 Å². The summed E-state index contributed by atoms with van der Waals surface area (Å²) in [4.78, 5) is 9.04. The van der Waals surface area contributed by atoms with Crippen LogP contribution in [-0.2, 0) is 13.5 Å². The van der Waals surface area contributed by atoms with E-state index < -0.39 is 0 Å². The maximum atomic E-state index is 6.32. The number of hydrogen-bond donors (Lipinski definition) is 0. The van der Waals surface area contributed by atoms with Crippen molar-refractivity contribution in [3.05, 3.63) is 40.1 Å². The molecule has 0 amide bonds. The standard InChI is InChI=1S/C15H14Cl2N4/c1-3-4-11-12-13(21(2)20-11)14(17)19-15(18-12)9-5-7-10(16)8-6-9/h5-8H,3-4H2,1-2H3. The van der Waals surface area contributed by atoms with Gasteiger partial charge >= 0.3 is 0 Å². The van der Waals surface area contributed by atoms with Crippen molar-refractivity contribution in [2.75, 3.05) is 0 Å². The van der Waals surface area contributed by atoms with Crippen LogP contribution in [0.25, 0.3) is 22.4 Å². The van der Waals surface area contributed by atoms with E-state index in [1.165, 1.54) is 0 Å². The van der Waals surface area contributed by atoms with Crippen LogP contribution in [0.1, 0.15) is 19.0 Å². The molecule has 3 aromatic rings. The molecule has 6 heteroatoms. The van der Waals surface area contributed by atoms with Gasteiger partial charge in [0.25, 0.3) is 0 Å². The molecule has 108 valence electrons. The Hall–Kier alpha value is -1.65. The zero-order valence-corrected chi connectivity index (χ0v) is 13.3. The van der Waals surface area contributed by atoms with Gasteiger partial charge in [-0.15, -0.1) is 0 Å². The van der Waals surface area contributed by atoms with E-state index in [1.807, 2.05) is 31.3 Å². The first-order chi connectivity index (χ1) is 10.1. The molecule has 0 unspecified atom stereocenters. The first-order valence-electron chi connectivity index (χ1n) is 6.75. The Morgan fingerprint density at radius 3 is 2.48 bits per heavy atom. The van der Waals surface area contributed by atoms with Gasteiger partial charge in [0.05, 0.1) is 5.69 Å². The minimum Gasteiger partial charge on any atom is -0.263 e. The third-order valence-corrected chi connectivity index (χ3v) is 3.81. The molecular formula is C15H14Cl2N4. The van der Waals surface area contributed by atoms with Crippen molar-refractivity contribution in [2.24, 2.45) is 7.05 Å². The van der Waals surface area contributed by atoms with Crippen LogP contribution in [0.4, 0.5) is 0 Å². The summed E-state index contributed by atoms with van der Waals surface area (Å²) in [5.74, 6) is 0.592. The highest BCUT2D eigenvalue weighted by Crippen LogP contribution is 2.27. The Balaban J connectivity index is 2.21. The van der Waals surface area contributed by atoms with E-state index in [0.29, 0.717) is 16.0 Å². The van der Waals surface area contributed by atoms with Gasteiger partial charge in [-0.3, -0.25) is 4.68 Å². The summed E-state index contributed by atoms with van der Waals surface area (Å²) in [6.45, 7) is 2.11. The predicted octanol–water partition coefficient (Wildman–Crippen LogP) is 4.29. The van der Waals surface area contributed by atoms with E-state index in [4.69, 9.17) is 23.2 Å². The van der Waals surface area contributed by atoms with Crippen LogP contribution in [0.3, 0.4) is 0 Å². The van der Waals surface area contributed by atoms with Gasteiger partial charge in [0.1, 0.15) is 11.0 Å². The predicted molar refractivity (Wildman–Crippen MR) is 85.8 cm³/mol. The van der Waals surface area contributed by atoms with Crippen LogP contribution in [0.5, 0.6) is 0 Å². The summed E-state index contributed by atoms with van der Waals surface area (Å²) in [6, 6.07) is 7.40. The van der Waals surface area contributed by atoms with Crippen LogP contribution in [-0.4, -0.2) is 19.7 Å². The molecule has 0 spiro atoms. The largest absolute Gasteiger partial charge is 0.263 e. The molecule has 0 aliphatic rings. The second-order valence-electron chi connectivity index (χ2n) is 4.86. The summed E-state index contributed by atoms with van der Waals surface area (Å²) >= 11 is 12.2. The van der Waals surface area contributed by atoms with Gasteiger partial charge in [0.2, 0.25) is 0 Å². The average Bonchev–Trinajstić information content (AvgIpc) is 2.77. The SMILES string of the molecule is CCCc1nn(C)c2c(Cl)nc(-c3ccc(Cl)cc3)nc12. The number of aromatic nitrogens is 4. The first-order valence-corrected chi connectivity index (χ1v) is 7.50. The van der Waals surface area contributed by atoms with Gasteiger partial charge in [0.15, 0.2) is 11.0 Å². The summed E-state index contributed by atoms with van der Waals surface area (Å²) < 4.78 is 1.74. The molecule has 0 fully saturated rings. The lowest BCUT2D eigenvalue weighted by molar-refractivity contribution is 0.752. The molecule has 21 heavy (non-hydrogen) atoms. The molecule has 2 heterocycles. The molecular weight excluding hydrogens is 307 g/mol. The van der Waals surface area contributed by atoms with Crippen LogP contribution in [0.15, 0.2) is 24.3 Å². The van der Waals surface area contributed by atoms with E-state index in [0.717, 1.165) is 35.1 Å². The molecule has 0 atom stereocenters. The van der Waals surface area contributed by atoms with Gasteiger partial charge in [-0.2, -0.15) is 5.10 Å². The Bertz CT molecular complexity index is 794. The molecule has 0 saturated heterocycles. The molecule has 0 aliphatic carbocycles. The van der Waals surface area contributed by atoms with Crippen molar-refractivity contribution < 1.29 is 0 Å². The van der Waals surface area contributed by atoms with E-state index in [-0.39, 0.29) is 0 Å². The van der Waals surface area contributed by atoms with Gasteiger partial charge in [-0.05, 0) is 30.7 Å². The van der Waals surface area contributed by atoms with Crippen LogP contribution >= 0.6 is 23.2 Å².